The number of anilines is 1. The summed E-state index contributed by atoms with van der Waals surface area (Å²) in [4.78, 5) is 52.9. The Bertz CT molecular complexity index is 1280. The summed E-state index contributed by atoms with van der Waals surface area (Å²) in [5, 5.41) is 15.1. The van der Waals surface area contributed by atoms with E-state index in [1.807, 2.05) is 51.1 Å². The highest BCUT2D eigenvalue weighted by Gasteiger charge is 2.44. The van der Waals surface area contributed by atoms with Crippen molar-refractivity contribution < 1.29 is 33.8 Å². The Labute approximate surface area is 246 Å². The number of hydrogen-bond donors (Lipinski definition) is 3. The minimum absolute atomic E-state index is 0.00720. The molecule has 1 aliphatic heterocycles. The van der Waals surface area contributed by atoms with E-state index >= 15 is 0 Å². The van der Waals surface area contributed by atoms with Crippen molar-refractivity contribution in [2.45, 2.75) is 70.4 Å². The maximum Gasteiger partial charge on any atom is 0.407 e. The van der Waals surface area contributed by atoms with Crippen LogP contribution in [-0.4, -0.2) is 65.7 Å². The molecule has 1 saturated carbocycles. The molecule has 0 spiro atoms. The summed E-state index contributed by atoms with van der Waals surface area (Å²) in [5.41, 5.74) is 0.820. The third-order valence-electron chi connectivity index (χ3n) is 8.01. The molecule has 4 rings (SSSR count). The number of methoxy groups -OCH3 is 1. The molecule has 2 atom stereocenters. The van der Waals surface area contributed by atoms with Crippen LogP contribution < -0.4 is 15.4 Å². The number of rotatable bonds is 8. The Hall–Kier alpha value is -4.08. The van der Waals surface area contributed by atoms with E-state index in [0.29, 0.717) is 38.0 Å². The van der Waals surface area contributed by atoms with Crippen LogP contribution in [0.2, 0.25) is 0 Å². The van der Waals surface area contributed by atoms with E-state index in [9.17, 15) is 24.3 Å². The molecule has 2 fully saturated rings. The van der Waals surface area contributed by atoms with Gasteiger partial charge in [-0.25, -0.2) is 9.59 Å². The second-order valence-corrected chi connectivity index (χ2v) is 12.1. The smallest absolute Gasteiger partial charge is 0.407 e. The fourth-order valence-electron chi connectivity index (χ4n) is 5.96. The number of carboxylic acid groups (broad SMARTS) is 1. The molecule has 226 valence electrons. The van der Waals surface area contributed by atoms with Crippen molar-refractivity contribution in [1.29, 1.82) is 0 Å². The normalized spacial score (nSPS) is 22.2. The first kappa shape index (κ1) is 30.9. The Kier molecular flexibility index (Phi) is 9.75. The van der Waals surface area contributed by atoms with Crippen LogP contribution in [0, 0.1) is 11.8 Å². The monoisotopic (exact) mass is 579 g/mol. The number of carboxylic acids is 1. The second-order valence-electron chi connectivity index (χ2n) is 12.1. The average molecular weight is 580 g/mol. The second kappa shape index (κ2) is 13.3. The highest BCUT2D eigenvalue weighted by molar-refractivity contribution is 5.99. The summed E-state index contributed by atoms with van der Waals surface area (Å²) in [6.45, 7) is 6.44. The number of amides is 3. The van der Waals surface area contributed by atoms with Gasteiger partial charge in [0.05, 0.1) is 7.11 Å². The van der Waals surface area contributed by atoms with Crippen molar-refractivity contribution in [3.05, 3.63) is 59.7 Å². The van der Waals surface area contributed by atoms with Crippen molar-refractivity contribution in [2.24, 2.45) is 11.8 Å². The molecule has 0 bridgehead atoms. The van der Waals surface area contributed by atoms with Crippen molar-refractivity contribution in [2.75, 3.05) is 25.5 Å². The van der Waals surface area contributed by atoms with Crippen LogP contribution in [-0.2, 0) is 14.3 Å². The Morgan fingerprint density at radius 2 is 1.67 bits per heavy atom. The van der Waals surface area contributed by atoms with E-state index in [2.05, 4.69) is 10.6 Å². The number of ether oxygens (including phenoxy) is 2. The summed E-state index contributed by atoms with van der Waals surface area (Å²) < 4.78 is 10.5. The standard InChI is InChI=1S/C32H41N3O7/c1-32(2,3)42-31(40)33-19-20-10-12-22(13-11-20)29(37)35-17-16-24(21-8-6-5-7-9-21)27(35)28(36)34-23-14-15-25(30(38)39)26(18-23)41-4/h5-9,14-15,18,20,22,24,27H,10-13,16-17,19H2,1-4H3,(H,33,40)(H,34,36)(H,38,39)/t20?,22?,24-,27?/m0/s1. The fourth-order valence-corrected chi connectivity index (χ4v) is 5.96. The lowest BCUT2D eigenvalue weighted by molar-refractivity contribution is -0.141. The van der Waals surface area contributed by atoms with E-state index in [-0.39, 0.29) is 40.9 Å². The number of aromatic carboxylic acids is 1. The lowest BCUT2D eigenvalue weighted by Gasteiger charge is -2.34. The molecule has 1 saturated heterocycles. The number of carbonyl (C=O) groups is 4. The largest absolute Gasteiger partial charge is 0.496 e. The summed E-state index contributed by atoms with van der Waals surface area (Å²) in [5.74, 6) is -1.44. The molecule has 0 radical (unpaired) electrons. The molecule has 10 heteroatoms. The van der Waals surface area contributed by atoms with E-state index < -0.39 is 23.7 Å². The van der Waals surface area contributed by atoms with Crippen molar-refractivity contribution in [3.63, 3.8) is 0 Å². The molecule has 2 aliphatic rings. The number of nitrogens with zero attached hydrogens (tertiary/aromatic N) is 1. The summed E-state index contributed by atoms with van der Waals surface area (Å²) in [7, 11) is 1.37. The Morgan fingerprint density at radius 1 is 0.976 bits per heavy atom. The molecule has 0 aromatic heterocycles. The van der Waals surface area contributed by atoms with E-state index in [1.54, 1.807) is 4.90 Å². The van der Waals surface area contributed by atoms with E-state index in [1.165, 1.54) is 25.3 Å². The lowest BCUT2D eigenvalue weighted by atomic mass is 9.81. The van der Waals surface area contributed by atoms with Gasteiger partial charge in [-0.15, -0.1) is 0 Å². The third kappa shape index (κ3) is 7.60. The average Bonchev–Trinajstić information content (AvgIpc) is 3.41. The first-order chi connectivity index (χ1) is 20.0. The Balaban J connectivity index is 1.45. The molecule has 1 aliphatic carbocycles. The fraction of sp³-hybridized carbons (Fsp3) is 0.500. The van der Waals surface area contributed by atoms with E-state index in [0.717, 1.165) is 18.4 Å². The summed E-state index contributed by atoms with van der Waals surface area (Å²) in [6.07, 6.45) is 3.20. The van der Waals surface area contributed by atoms with Gasteiger partial charge in [-0.1, -0.05) is 30.3 Å². The minimum Gasteiger partial charge on any atom is -0.496 e. The van der Waals surface area contributed by atoms with Crippen molar-refractivity contribution in [3.8, 4) is 5.75 Å². The summed E-state index contributed by atoms with van der Waals surface area (Å²) >= 11 is 0. The number of carbonyl (C=O) groups excluding carboxylic acids is 3. The van der Waals surface area contributed by atoms with Gasteiger partial charge in [0.2, 0.25) is 11.8 Å². The number of alkyl carbamates (subject to hydrolysis) is 1. The van der Waals surface area contributed by atoms with Gasteiger partial charge in [0.1, 0.15) is 23.0 Å². The van der Waals surface area contributed by atoms with Gasteiger partial charge in [0.15, 0.2) is 0 Å². The molecule has 3 N–H and O–H groups in total. The van der Waals surface area contributed by atoms with Crippen molar-refractivity contribution >= 4 is 29.6 Å². The van der Waals surface area contributed by atoms with Crippen LogP contribution in [0.4, 0.5) is 10.5 Å². The maximum atomic E-state index is 13.9. The third-order valence-corrected chi connectivity index (χ3v) is 8.01. The quantitative estimate of drug-likeness (QED) is 0.399. The SMILES string of the molecule is COc1cc(NC(=O)C2[C@H](c3ccccc3)CCN2C(=O)C2CCC(CNC(=O)OC(C)(C)C)CC2)ccc1C(=O)O. The first-order valence-electron chi connectivity index (χ1n) is 14.5. The molecule has 3 amide bonds. The zero-order valence-electron chi connectivity index (χ0n) is 24.7. The molecule has 1 unspecified atom stereocenters. The van der Waals surface area contributed by atoms with Crippen LogP contribution in [0.5, 0.6) is 5.75 Å². The van der Waals surface area contributed by atoms with Crippen LogP contribution in [0.3, 0.4) is 0 Å². The molecule has 2 aromatic carbocycles. The van der Waals surface area contributed by atoms with Crippen LogP contribution in [0.1, 0.15) is 74.7 Å². The van der Waals surface area contributed by atoms with Crippen LogP contribution >= 0.6 is 0 Å². The number of hydrogen-bond acceptors (Lipinski definition) is 6. The van der Waals surface area contributed by atoms with Crippen LogP contribution in [0.15, 0.2) is 48.5 Å². The summed E-state index contributed by atoms with van der Waals surface area (Å²) in [6, 6.07) is 13.4. The number of likely N-dealkylation sites (tertiary alicyclic amines) is 1. The van der Waals surface area contributed by atoms with E-state index in [4.69, 9.17) is 9.47 Å². The maximum absolute atomic E-state index is 13.9. The zero-order valence-corrected chi connectivity index (χ0v) is 24.7. The predicted octanol–water partition coefficient (Wildman–Crippen LogP) is 5.05. The number of nitrogens with one attached hydrogen (secondary N) is 2. The topological polar surface area (TPSA) is 134 Å². The van der Waals surface area contributed by atoms with Gasteiger partial charge >= 0.3 is 12.1 Å². The lowest BCUT2D eigenvalue weighted by Crippen LogP contribution is -2.48. The molecule has 42 heavy (non-hydrogen) atoms. The predicted molar refractivity (Wildman–Crippen MR) is 158 cm³/mol. The van der Waals surface area contributed by atoms with Gasteiger partial charge in [0.25, 0.3) is 0 Å². The first-order valence-corrected chi connectivity index (χ1v) is 14.5. The number of benzene rings is 2. The molecular formula is C32H41N3O7. The minimum atomic E-state index is -1.13. The van der Waals surface area contributed by atoms with Crippen LogP contribution in [0.25, 0.3) is 0 Å². The molecule has 2 aromatic rings. The van der Waals surface area contributed by atoms with Gasteiger partial charge in [-0.2, -0.15) is 0 Å². The van der Waals surface area contributed by atoms with Crippen molar-refractivity contribution in [1.82, 2.24) is 10.2 Å². The molecule has 10 nitrogen and oxygen atoms in total. The van der Waals surface area contributed by atoms with Gasteiger partial charge < -0.3 is 30.1 Å². The molecular weight excluding hydrogens is 538 g/mol. The molecule has 1 heterocycles. The Morgan fingerprint density at radius 3 is 2.29 bits per heavy atom. The highest BCUT2D eigenvalue weighted by atomic mass is 16.6. The van der Waals surface area contributed by atoms with Gasteiger partial charge in [-0.3, -0.25) is 9.59 Å². The highest BCUT2D eigenvalue weighted by Crippen LogP contribution is 2.38. The zero-order chi connectivity index (χ0) is 30.4. The van der Waals surface area contributed by atoms with Gasteiger partial charge in [0, 0.05) is 36.7 Å². The van der Waals surface area contributed by atoms with Gasteiger partial charge in [-0.05, 0) is 76.5 Å².